The summed E-state index contributed by atoms with van der Waals surface area (Å²) < 4.78 is 0. The van der Waals surface area contributed by atoms with E-state index in [0.29, 0.717) is 0 Å². The summed E-state index contributed by atoms with van der Waals surface area (Å²) in [6, 6.07) is 8.34. The van der Waals surface area contributed by atoms with E-state index in [1.807, 2.05) is 19.1 Å². The van der Waals surface area contributed by atoms with E-state index in [1.54, 1.807) is 0 Å². The zero-order valence-electron chi connectivity index (χ0n) is 10.1. The van der Waals surface area contributed by atoms with Crippen LogP contribution in [0.15, 0.2) is 24.3 Å². The Balaban J connectivity index is 2.88. The third-order valence-electron chi connectivity index (χ3n) is 2.82. The van der Waals surface area contributed by atoms with Gasteiger partial charge in [0.2, 0.25) is 0 Å². The van der Waals surface area contributed by atoms with Gasteiger partial charge in [-0.05, 0) is 30.9 Å². The molecule has 0 bridgehead atoms. The molecule has 0 fully saturated rings. The number of hydrogen-bond acceptors (Lipinski definition) is 1. The zero-order chi connectivity index (χ0) is 11.3. The highest BCUT2D eigenvalue weighted by Gasteiger charge is 2.21. The number of benzene rings is 1. The summed E-state index contributed by atoms with van der Waals surface area (Å²) in [6.07, 6.45) is 4.07. The third-order valence-corrected chi connectivity index (χ3v) is 2.82. The minimum Gasteiger partial charge on any atom is -0.385 e. The molecule has 0 aromatic heterocycles. The maximum Gasteiger partial charge on any atom is 0.0868 e. The monoisotopic (exact) mass is 206 g/mol. The largest absolute Gasteiger partial charge is 0.385 e. The van der Waals surface area contributed by atoms with Crippen LogP contribution in [0.2, 0.25) is 0 Å². The molecule has 0 aliphatic carbocycles. The number of aryl methyl sites for hydroxylation is 1. The maximum atomic E-state index is 10.3. The van der Waals surface area contributed by atoms with Crippen molar-refractivity contribution in [3.63, 3.8) is 0 Å². The molecule has 1 atom stereocenters. The van der Waals surface area contributed by atoms with Crippen LogP contribution in [0.5, 0.6) is 0 Å². The van der Waals surface area contributed by atoms with Crippen molar-refractivity contribution >= 4 is 0 Å². The van der Waals surface area contributed by atoms with E-state index in [9.17, 15) is 5.11 Å². The Bertz CT molecular complexity index is 302. The molecule has 1 unspecified atom stereocenters. The maximum absolute atomic E-state index is 10.3. The normalized spacial score (nSPS) is 14.9. The molecular weight excluding hydrogens is 184 g/mol. The number of aliphatic hydroxyl groups is 1. The third kappa shape index (κ3) is 3.35. The predicted octanol–water partition coefficient (Wildman–Crippen LogP) is 3.65. The van der Waals surface area contributed by atoms with Crippen molar-refractivity contribution in [1.29, 1.82) is 0 Å². The lowest BCUT2D eigenvalue weighted by molar-refractivity contribution is 0.0469. The molecule has 0 radical (unpaired) electrons. The first-order chi connectivity index (χ1) is 7.10. The Kier molecular flexibility index (Phi) is 4.34. The highest BCUT2D eigenvalue weighted by molar-refractivity contribution is 5.27. The molecule has 0 aliphatic heterocycles. The average Bonchev–Trinajstić information content (AvgIpc) is 2.19. The highest BCUT2D eigenvalue weighted by atomic mass is 16.3. The van der Waals surface area contributed by atoms with Crippen LogP contribution in [0.1, 0.15) is 51.2 Å². The molecule has 84 valence electrons. The first-order valence-electron chi connectivity index (χ1n) is 5.92. The lowest BCUT2D eigenvalue weighted by Gasteiger charge is -2.23. The SMILES string of the molecule is CCCc1cccc(C(C)(O)CCC)c1. The van der Waals surface area contributed by atoms with Gasteiger partial charge in [0.05, 0.1) is 5.60 Å². The van der Waals surface area contributed by atoms with Crippen molar-refractivity contribution in [1.82, 2.24) is 0 Å². The Morgan fingerprint density at radius 3 is 2.53 bits per heavy atom. The summed E-state index contributed by atoms with van der Waals surface area (Å²) >= 11 is 0. The fraction of sp³-hybridized carbons (Fsp3) is 0.571. The van der Waals surface area contributed by atoms with Gasteiger partial charge in [0.25, 0.3) is 0 Å². The van der Waals surface area contributed by atoms with Crippen molar-refractivity contribution in [3.8, 4) is 0 Å². The first-order valence-corrected chi connectivity index (χ1v) is 5.92. The molecule has 15 heavy (non-hydrogen) atoms. The van der Waals surface area contributed by atoms with Gasteiger partial charge >= 0.3 is 0 Å². The van der Waals surface area contributed by atoms with Gasteiger partial charge in [-0.3, -0.25) is 0 Å². The molecule has 1 N–H and O–H groups in total. The molecule has 0 aliphatic rings. The van der Waals surface area contributed by atoms with Crippen LogP contribution in [0.4, 0.5) is 0 Å². The summed E-state index contributed by atoms with van der Waals surface area (Å²) in [7, 11) is 0. The Morgan fingerprint density at radius 2 is 1.93 bits per heavy atom. The molecule has 0 saturated carbocycles. The molecule has 0 heterocycles. The van der Waals surface area contributed by atoms with E-state index >= 15 is 0 Å². The summed E-state index contributed by atoms with van der Waals surface area (Å²) in [5.41, 5.74) is 1.71. The van der Waals surface area contributed by atoms with Gasteiger partial charge in [0, 0.05) is 0 Å². The fourth-order valence-electron chi connectivity index (χ4n) is 1.98. The highest BCUT2D eigenvalue weighted by Crippen LogP contribution is 2.26. The van der Waals surface area contributed by atoms with Crippen LogP contribution < -0.4 is 0 Å². The van der Waals surface area contributed by atoms with Gasteiger partial charge in [-0.15, -0.1) is 0 Å². The second-order valence-electron chi connectivity index (χ2n) is 4.47. The predicted molar refractivity (Wildman–Crippen MR) is 64.9 cm³/mol. The second-order valence-corrected chi connectivity index (χ2v) is 4.47. The van der Waals surface area contributed by atoms with Crippen LogP contribution in [-0.2, 0) is 12.0 Å². The van der Waals surface area contributed by atoms with E-state index in [-0.39, 0.29) is 0 Å². The van der Waals surface area contributed by atoms with Crippen molar-refractivity contribution in [2.45, 2.75) is 52.1 Å². The van der Waals surface area contributed by atoms with Gasteiger partial charge in [0.15, 0.2) is 0 Å². The van der Waals surface area contributed by atoms with Crippen molar-refractivity contribution in [2.75, 3.05) is 0 Å². The Hall–Kier alpha value is -0.820. The number of rotatable bonds is 5. The van der Waals surface area contributed by atoms with Crippen LogP contribution in [0, 0.1) is 0 Å². The van der Waals surface area contributed by atoms with E-state index in [2.05, 4.69) is 26.0 Å². The van der Waals surface area contributed by atoms with Crippen molar-refractivity contribution in [3.05, 3.63) is 35.4 Å². The molecule has 0 amide bonds. The van der Waals surface area contributed by atoms with E-state index in [1.165, 1.54) is 5.56 Å². The smallest absolute Gasteiger partial charge is 0.0868 e. The lowest BCUT2D eigenvalue weighted by Crippen LogP contribution is -2.20. The zero-order valence-corrected chi connectivity index (χ0v) is 10.1. The average molecular weight is 206 g/mol. The van der Waals surface area contributed by atoms with Crippen molar-refractivity contribution < 1.29 is 5.11 Å². The van der Waals surface area contributed by atoms with E-state index in [0.717, 1.165) is 31.2 Å². The lowest BCUT2D eigenvalue weighted by atomic mass is 9.90. The van der Waals surface area contributed by atoms with Gasteiger partial charge in [-0.2, -0.15) is 0 Å². The topological polar surface area (TPSA) is 20.2 Å². The van der Waals surface area contributed by atoms with Crippen LogP contribution in [0.3, 0.4) is 0 Å². The van der Waals surface area contributed by atoms with Gasteiger partial charge in [-0.25, -0.2) is 0 Å². The summed E-state index contributed by atoms with van der Waals surface area (Å²) in [6.45, 7) is 6.18. The quantitative estimate of drug-likeness (QED) is 0.779. The molecule has 1 heteroatoms. The minimum absolute atomic E-state index is 0.668. The van der Waals surface area contributed by atoms with Crippen LogP contribution in [-0.4, -0.2) is 5.11 Å². The van der Waals surface area contributed by atoms with Gasteiger partial charge < -0.3 is 5.11 Å². The molecular formula is C14H22O. The van der Waals surface area contributed by atoms with Gasteiger partial charge in [0.1, 0.15) is 0 Å². The Morgan fingerprint density at radius 1 is 1.20 bits per heavy atom. The Labute approximate surface area is 93.1 Å². The number of hydrogen-bond donors (Lipinski definition) is 1. The van der Waals surface area contributed by atoms with Crippen LogP contribution in [0.25, 0.3) is 0 Å². The molecule has 1 rings (SSSR count). The summed E-state index contributed by atoms with van der Waals surface area (Å²) in [4.78, 5) is 0. The van der Waals surface area contributed by atoms with Crippen molar-refractivity contribution in [2.24, 2.45) is 0 Å². The fourth-order valence-corrected chi connectivity index (χ4v) is 1.98. The standard InChI is InChI=1S/C14H22O/c1-4-7-12-8-6-9-13(11-12)14(3,15)10-5-2/h6,8-9,11,15H,4-5,7,10H2,1-3H3. The minimum atomic E-state index is -0.668. The summed E-state index contributed by atoms with van der Waals surface area (Å²) in [5, 5.41) is 10.3. The van der Waals surface area contributed by atoms with E-state index < -0.39 is 5.60 Å². The van der Waals surface area contributed by atoms with Gasteiger partial charge in [-0.1, -0.05) is 51.0 Å². The van der Waals surface area contributed by atoms with E-state index in [4.69, 9.17) is 0 Å². The first kappa shape index (κ1) is 12.3. The second kappa shape index (κ2) is 5.32. The molecule has 0 spiro atoms. The molecule has 0 saturated heterocycles. The molecule has 1 aromatic carbocycles. The summed E-state index contributed by atoms with van der Waals surface area (Å²) in [5.74, 6) is 0. The molecule has 1 nitrogen and oxygen atoms in total. The molecule has 1 aromatic rings. The van der Waals surface area contributed by atoms with Crippen LogP contribution >= 0.6 is 0 Å².